The van der Waals surface area contributed by atoms with Crippen molar-refractivity contribution >= 4 is 17.6 Å². The lowest BCUT2D eigenvalue weighted by Gasteiger charge is -2.36. The van der Waals surface area contributed by atoms with Crippen molar-refractivity contribution in [3.8, 4) is 0 Å². The Labute approximate surface area is 173 Å². The first kappa shape index (κ1) is 20.0. The molecule has 1 atom stereocenters. The summed E-state index contributed by atoms with van der Waals surface area (Å²) in [6, 6.07) is 10.4. The van der Waals surface area contributed by atoms with Gasteiger partial charge < -0.3 is 24.8 Å². The van der Waals surface area contributed by atoms with Crippen molar-refractivity contribution in [3.63, 3.8) is 0 Å². The molecule has 1 unspecified atom stereocenters. The zero-order chi connectivity index (χ0) is 20.1. The Balaban J connectivity index is 1.30. The van der Waals surface area contributed by atoms with Crippen LogP contribution in [-0.4, -0.2) is 87.2 Å². The molecule has 29 heavy (non-hydrogen) atoms. The summed E-state index contributed by atoms with van der Waals surface area (Å²) < 4.78 is 5.64. The number of nitrogens with one attached hydrogen (secondary N) is 1. The highest BCUT2D eigenvalue weighted by molar-refractivity contribution is 5.85. The molecule has 0 aliphatic carbocycles. The van der Waals surface area contributed by atoms with E-state index in [1.807, 2.05) is 11.0 Å². The van der Waals surface area contributed by atoms with E-state index >= 15 is 0 Å². The molecular formula is C22H33N5O2. The van der Waals surface area contributed by atoms with Crippen molar-refractivity contribution in [2.45, 2.75) is 19.8 Å². The van der Waals surface area contributed by atoms with Gasteiger partial charge in [0.25, 0.3) is 0 Å². The van der Waals surface area contributed by atoms with Gasteiger partial charge in [-0.25, -0.2) is 4.99 Å². The lowest BCUT2D eigenvalue weighted by atomic mass is 9.87. The van der Waals surface area contributed by atoms with Gasteiger partial charge in [-0.2, -0.15) is 0 Å². The molecule has 4 rings (SSSR count). The zero-order valence-electron chi connectivity index (χ0n) is 17.5. The molecule has 0 aromatic heterocycles. The minimum absolute atomic E-state index is 0.117. The van der Waals surface area contributed by atoms with Crippen LogP contribution in [0.4, 0.5) is 5.69 Å². The Hall–Kier alpha value is -2.28. The molecule has 3 heterocycles. The lowest BCUT2D eigenvalue weighted by Crippen LogP contribution is -2.49. The molecular weight excluding hydrogens is 366 g/mol. The maximum atomic E-state index is 12.7. The number of likely N-dealkylation sites (tertiary alicyclic amines) is 1. The standard InChI is InChI=1S/C22H33N5O2/c1-2-23-21(27-10-8-22(17-27)9-15-29-18-22)24-16-20(28)26-13-11-25(12-14-26)19-6-4-3-5-7-19/h3-7H,2,8-18H2,1H3,(H,23,24). The van der Waals surface area contributed by atoms with Crippen LogP contribution in [0.15, 0.2) is 35.3 Å². The van der Waals surface area contributed by atoms with E-state index in [0.29, 0.717) is 0 Å². The maximum Gasteiger partial charge on any atom is 0.244 e. The number of hydrogen-bond acceptors (Lipinski definition) is 4. The van der Waals surface area contributed by atoms with Gasteiger partial charge in [-0.1, -0.05) is 18.2 Å². The highest BCUT2D eigenvalue weighted by Gasteiger charge is 2.42. The number of rotatable bonds is 4. The summed E-state index contributed by atoms with van der Waals surface area (Å²) in [5.74, 6) is 0.985. The van der Waals surface area contributed by atoms with Gasteiger partial charge in [0, 0.05) is 63.5 Å². The molecule has 1 spiro atoms. The Kier molecular flexibility index (Phi) is 6.23. The van der Waals surface area contributed by atoms with Crippen LogP contribution < -0.4 is 10.2 Å². The Morgan fingerprint density at radius 1 is 1.10 bits per heavy atom. The molecule has 3 aliphatic heterocycles. The minimum atomic E-state index is 0.117. The van der Waals surface area contributed by atoms with Gasteiger partial charge in [-0.15, -0.1) is 0 Å². The molecule has 0 saturated carbocycles. The summed E-state index contributed by atoms with van der Waals surface area (Å²) >= 11 is 0. The average molecular weight is 400 g/mol. The molecule has 0 radical (unpaired) electrons. The fraction of sp³-hybridized carbons (Fsp3) is 0.636. The second-order valence-electron chi connectivity index (χ2n) is 8.35. The first-order valence-electron chi connectivity index (χ1n) is 10.9. The van der Waals surface area contributed by atoms with Gasteiger partial charge in [0.15, 0.2) is 5.96 Å². The van der Waals surface area contributed by atoms with E-state index < -0.39 is 0 Å². The topological polar surface area (TPSA) is 60.4 Å². The fourth-order valence-corrected chi connectivity index (χ4v) is 4.61. The quantitative estimate of drug-likeness (QED) is 0.613. The molecule has 0 bridgehead atoms. The van der Waals surface area contributed by atoms with Crippen LogP contribution in [0.2, 0.25) is 0 Å². The van der Waals surface area contributed by atoms with E-state index in [9.17, 15) is 4.79 Å². The van der Waals surface area contributed by atoms with Crippen molar-refractivity contribution < 1.29 is 9.53 Å². The molecule has 7 nitrogen and oxygen atoms in total. The number of guanidine groups is 1. The summed E-state index contributed by atoms with van der Waals surface area (Å²) in [4.78, 5) is 24.0. The smallest absolute Gasteiger partial charge is 0.244 e. The van der Waals surface area contributed by atoms with Crippen molar-refractivity contribution in [2.24, 2.45) is 10.4 Å². The van der Waals surface area contributed by atoms with E-state index in [4.69, 9.17) is 4.74 Å². The number of anilines is 1. The van der Waals surface area contributed by atoms with Crippen LogP contribution in [0.25, 0.3) is 0 Å². The minimum Gasteiger partial charge on any atom is -0.381 e. The summed E-state index contributed by atoms with van der Waals surface area (Å²) in [6.45, 7) is 10.0. The van der Waals surface area contributed by atoms with Crippen molar-refractivity contribution in [1.82, 2.24) is 15.1 Å². The van der Waals surface area contributed by atoms with Gasteiger partial charge in [0.05, 0.1) is 6.61 Å². The lowest BCUT2D eigenvalue weighted by molar-refractivity contribution is -0.129. The first-order chi connectivity index (χ1) is 14.2. The van der Waals surface area contributed by atoms with E-state index in [0.717, 1.165) is 77.8 Å². The molecule has 3 fully saturated rings. The summed E-state index contributed by atoms with van der Waals surface area (Å²) in [6.07, 6.45) is 2.28. The molecule has 3 saturated heterocycles. The summed E-state index contributed by atoms with van der Waals surface area (Å²) in [5.41, 5.74) is 1.51. The highest BCUT2D eigenvalue weighted by atomic mass is 16.5. The number of hydrogen-bond donors (Lipinski definition) is 1. The molecule has 1 aromatic carbocycles. The van der Waals surface area contributed by atoms with Crippen LogP contribution in [-0.2, 0) is 9.53 Å². The SMILES string of the molecule is CCNC(=NCC(=O)N1CCN(c2ccccc2)CC1)N1CCC2(CCOC2)C1. The molecule has 1 N–H and O–H groups in total. The van der Waals surface area contributed by atoms with Crippen LogP contribution in [0.5, 0.6) is 0 Å². The second kappa shape index (κ2) is 9.03. The number of carbonyl (C=O) groups is 1. The average Bonchev–Trinajstić information content (AvgIpc) is 3.41. The normalized spacial score (nSPS) is 25.1. The molecule has 1 amide bonds. The number of aliphatic imine (C=N–C) groups is 1. The van der Waals surface area contributed by atoms with Crippen molar-refractivity contribution in [3.05, 3.63) is 30.3 Å². The van der Waals surface area contributed by atoms with E-state index in [2.05, 4.69) is 51.3 Å². The molecule has 1 aromatic rings. The summed E-state index contributed by atoms with van der Waals surface area (Å²) in [7, 11) is 0. The Morgan fingerprint density at radius 3 is 2.59 bits per heavy atom. The fourth-order valence-electron chi connectivity index (χ4n) is 4.61. The van der Waals surface area contributed by atoms with Crippen molar-refractivity contribution in [1.29, 1.82) is 0 Å². The molecule has 7 heteroatoms. The number of carbonyl (C=O) groups excluding carboxylic acids is 1. The van der Waals surface area contributed by atoms with E-state index in [1.54, 1.807) is 0 Å². The van der Waals surface area contributed by atoms with E-state index in [1.165, 1.54) is 5.69 Å². The van der Waals surface area contributed by atoms with Gasteiger partial charge in [0.1, 0.15) is 6.54 Å². The van der Waals surface area contributed by atoms with Gasteiger partial charge in [-0.3, -0.25) is 4.79 Å². The highest BCUT2D eigenvalue weighted by Crippen LogP contribution is 2.38. The van der Waals surface area contributed by atoms with Crippen LogP contribution in [0, 0.1) is 5.41 Å². The summed E-state index contributed by atoms with van der Waals surface area (Å²) in [5, 5.41) is 3.37. The Morgan fingerprint density at radius 2 is 1.90 bits per heavy atom. The van der Waals surface area contributed by atoms with Crippen LogP contribution in [0.3, 0.4) is 0 Å². The van der Waals surface area contributed by atoms with Gasteiger partial charge in [-0.05, 0) is 31.9 Å². The maximum absolute atomic E-state index is 12.7. The third-order valence-corrected chi connectivity index (χ3v) is 6.38. The predicted molar refractivity (Wildman–Crippen MR) is 115 cm³/mol. The van der Waals surface area contributed by atoms with Crippen LogP contribution >= 0.6 is 0 Å². The third-order valence-electron chi connectivity index (χ3n) is 6.38. The first-order valence-corrected chi connectivity index (χ1v) is 10.9. The number of amides is 1. The molecule has 3 aliphatic rings. The largest absolute Gasteiger partial charge is 0.381 e. The van der Waals surface area contributed by atoms with Crippen molar-refractivity contribution in [2.75, 3.05) is 70.5 Å². The second-order valence-corrected chi connectivity index (χ2v) is 8.35. The molecule has 158 valence electrons. The van der Waals surface area contributed by atoms with E-state index in [-0.39, 0.29) is 17.9 Å². The number of para-hydroxylation sites is 1. The third kappa shape index (κ3) is 4.66. The Bertz CT molecular complexity index is 709. The number of ether oxygens (including phenoxy) is 1. The zero-order valence-corrected chi connectivity index (χ0v) is 17.5. The van der Waals surface area contributed by atoms with Gasteiger partial charge >= 0.3 is 0 Å². The van der Waals surface area contributed by atoms with Gasteiger partial charge in [0.2, 0.25) is 5.91 Å². The predicted octanol–water partition coefficient (Wildman–Crippen LogP) is 1.41. The number of nitrogens with zero attached hydrogens (tertiary/aromatic N) is 4. The monoisotopic (exact) mass is 399 g/mol. The number of piperazine rings is 1. The number of benzene rings is 1. The van der Waals surface area contributed by atoms with Crippen LogP contribution in [0.1, 0.15) is 19.8 Å².